The molecule has 0 aliphatic carbocycles. The molecule has 1 heterocycles. The van der Waals surface area contributed by atoms with E-state index in [2.05, 4.69) is 11.6 Å². The smallest absolute Gasteiger partial charge is 0.246 e. The minimum atomic E-state index is -1.23. The predicted molar refractivity (Wildman–Crippen MR) is 99.2 cm³/mol. The summed E-state index contributed by atoms with van der Waals surface area (Å²) in [5.74, 6) is -1.18. The molecule has 1 amide bonds. The molecular weight excluding hydrogens is 359 g/mol. The number of carbonyl (C=O) groups excluding carboxylic acids is 1. The van der Waals surface area contributed by atoms with E-state index in [4.69, 9.17) is 16.3 Å². The van der Waals surface area contributed by atoms with E-state index in [0.29, 0.717) is 6.42 Å². The van der Waals surface area contributed by atoms with Gasteiger partial charge in [0.15, 0.2) is 12.1 Å². The van der Waals surface area contributed by atoms with Gasteiger partial charge in [-0.05, 0) is 24.5 Å². The minimum absolute atomic E-state index is 0.115. The van der Waals surface area contributed by atoms with Gasteiger partial charge < -0.3 is 14.7 Å². The second kappa shape index (κ2) is 8.96. The molecule has 0 fully saturated rings. The zero-order valence-corrected chi connectivity index (χ0v) is 15.5. The summed E-state index contributed by atoms with van der Waals surface area (Å²) in [6.07, 6.45) is -0.365. The van der Waals surface area contributed by atoms with Crippen LogP contribution >= 0.6 is 11.6 Å². The van der Waals surface area contributed by atoms with Gasteiger partial charge in [-0.1, -0.05) is 49.4 Å². The molecule has 140 valence electrons. The Morgan fingerprint density at radius 2 is 2.15 bits per heavy atom. The van der Waals surface area contributed by atoms with Gasteiger partial charge in [-0.25, -0.2) is 9.38 Å². The zero-order valence-electron chi connectivity index (χ0n) is 14.8. The summed E-state index contributed by atoms with van der Waals surface area (Å²) >= 11 is 5.60. The summed E-state index contributed by atoms with van der Waals surface area (Å²) in [6, 6.07) is 7.57. The Bertz CT molecular complexity index is 744. The van der Waals surface area contributed by atoms with Gasteiger partial charge in [-0.3, -0.25) is 4.79 Å². The fourth-order valence-corrected chi connectivity index (χ4v) is 2.74. The Morgan fingerprint density at radius 3 is 2.73 bits per heavy atom. The van der Waals surface area contributed by atoms with Gasteiger partial charge in [0.05, 0.1) is 11.5 Å². The number of amides is 1. The topological polar surface area (TPSA) is 62.1 Å². The van der Waals surface area contributed by atoms with Crippen molar-refractivity contribution in [3.05, 3.63) is 58.7 Å². The molecule has 0 aromatic heterocycles. The van der Waals surface area contributed by atoms with Crippen LogP contribution in [0.3, 0.4) is 0 Å². The predicted octanol–water partition coefficient (Wildman–Crippen LogP) is 3.67. The van der Waals surface area contributed by atoms with E-state index in [1.54, 1.807) is 6.92 Å². The Hall–Kier alpha value is -2.18. The largest absolute Gasteiger partial charge is 0.468 e. The van der Waals surface area contributed by atoms with Gasteiger partial charge in [-0.2, -0.15) is 0 Å². The van der Waals surface area contributed by atoms with Crippen LogP contribution in [0.1, 0.15) is 31.4 Å². The molecule has 0 saturated heterocycles. The highest BCUT2D eigenvalue weighted by molar-refractivity contribution is 6.38. The number of ether oxygens (including phenoxy) is 1. The van der Waals surface area contributed by atoms with Crippen molar-refractivity contribution in [3.8, 4) is 0 Å². The van der Waals surface area contributed by atoms with E-state index in [1.807, 2.05) is 24.3 Å². The Kier molecular flexibility index (Phi) is 6.94. The molecule has 7 heteroatoms. The average Bonchev–Trinajstić information content (AvgIpc) is 2.60. The number of hydrogen-bond donors (Lipinski definition) is 1. The van der Waals surface area contributed by atoms with Gasteiger partial charge in [-0.15, -0.1) is 0 Å². The lowest BCUT2D eigenvalue weighted by atomic mass is 9.98. The number of nitrogens with zero attached hydrogens (tertiary/aromatic N) is 2. The van der Waals surface area contributed by atoms with Crippen molar-refractivity contribution in [3.63, 3.8) is 0 Å². The average molecular weight is 381 g/mol. The molecule has 1 aromatic rings. The molecule has 0 spiro atoms. The maximum Gasteiger partial charge on any atom is 0.246 e. The molecule has 1 N–H and O–H groups in total. The number of carbonyl (C=O) groups is 1. The highest BCUT2D eigenvalue weighted by Crippen LogP contribution is 2.24. The monoisotopic (exact) mass is 380 g/mol. The van der Waals surface area contributed by atoms with Crippen molar-refractivity contribution in [2.45, 2.75) is 45.6 Å². The van der Waals surface area contributed by atoms with E-state index in [-0.39, 0.29) is 29.8 Å². The highest BCUT2D eigenvalue weighted by Gasteiger charge is 2.33. The van der Waals surface area contributed by atoms with Gasteiger partial charge in [0.25, 0.3) is 0 Å². The second-order valence-corrected chi connectivity index (χ2v) is 6.47. The van der Waals surface area contributed by atoms with Gasteiger partial charge in [0, 0.05) is 12.8 Å². The molecule has 1 aromatic carbocycles. The lowest BCUT2D eigenvalue weighted by Gasteiger charge is -2.36. The van der Waals surface area contributed by atoms with Crippen LogP contribution < -0.4 is 0 Å². The minimum Gasteiger partial charge on any atom is -0.468 e. The molecular formula is C19H22ClFN2O3. The molecule has 2 atom stereocenters. The molecule has 2 unspecified atom stereocenters. The van der Waals surface area contributed by atoms with Crippen molar-refractivity contribution in [2.24, 2.45) is 4.99 Å². The maximum atomic E-state index is 13.7. The number of fused-ring (bicyclic) bond motifs is 1. The summed E-state index contributed by atoms with van der Waals surface area (Å²) in [5.41, 5.74) is 1.91. The number of allylic oxidation sites excluding steroid dienone is 2. The fraction of sp³-hybridized carbons (Fsp3) is 0.368. The standard InChI is InChI=1S/C19H22ClFN2O3/c1-4-16(26-18(13(3)21)22-10-12(2)20)19(25)23-11-15-8-6-5-7-14(15)9-17(23)24/h5-8,10,16,19,25H,2,4,9,11H2,1,3H3/b18-13-,22-10-. The number of hydrogen-bond acceptors (Lipinski definition) is 4. The summed E-state index contributed by atoms with van der Waals surface area (Å²) in [7, 11) is 0. The quantitative estimate of drug-likeness (QED) is 0.580. The normalized spacial score (nSPS) is 17.6. The third-order valence-corrected chi connectivity index (χ3v) is 4.15. The third kappa shape index (κ3) is 4.93. The van der Waals surface area contributed by atoms with Crippen LogP contribution in [-0.2, 0) is 22.5 Å². The summed E-state index contributed by atoms with van der Waals surface area (Å²) in [5, 5.41) is 10.8. The molecule has 2 rings (SSSR count). The molecule has 5 nitrogen and oxygen atoms in total. The molecule has 26 heavy (non-hydrogen) atoms. The molecule has 1 aliphatic rings. The first-order valence-electron chi connectivity index (χ1n) is 8.29. The van der Waals surface area contributed by atoms with Crippen molar-refractivity contribution in [1.29, 1.82) is 0 Å². The van der Waals surface area contributed by atoms with E-state index in [9.17, 15) is 14.3 Å². The Labute approximate surface area is 157 Å². The van der Waals surface area contributed by atoms with Crippen LogP contribution in [0.5, 0.6) is 0 Å². The lowest BCUT2D eigenvalue weighted by molar-refractivity contribution is -0.155. The van der Waals surface area contributed by atoms with Crippen LogP contribution in [0.2, 0.25) is 0 Å². The third-order valence-electron chi connectivity index (χ3n) is 4.05. The number of aliphatic imine (C=N–C) groups is 1. The lowest BCUT2D eigenvalue weighted by Crippen LogP contribution is -2.49. The number of aliphatic hydroxyl groups is 1. The molecule has 0 saturated carbocycles. The van der Waals surface area contributed by atoms with Crippen LogP contribution in [0.25, 0.3) is 0 Å². The van der Waals surface area contributed by atoms with E-state index in [1.165, 1.54) is 11.8 Å². The van der Waals surface area contributed by atoms with Crippen molar-refractivity contribution in [1.82, 2.24) is 4.90 Å². The van der Waals surface area contributed by atoms with E-state index in [0.717, 1.165) is 17.3 Å². The second-order valence-electron chi connectivity index (χ2n) is 5.99. The Morgan fingerprint density at radius 1 is 1.50 bits per heavy atom. The molecule has 0 radical (unpaired) electrons. The first-order chi connectivity index (χ1) is 12.3. The number of aliphatic hydroxyl groups excluding tert-OH is 1. The first kappa shape index (κ1) is 20.1. The maximum absolute atomic E-state index is 13.7. The van der Waals surface area contributed by atoms with Crippen LogP contribution in [0.4, 0.5) is 4.39 Å². The van der Waals surface area contributed by atoms with Gasteiger partial charge in [0.2, 0.25) is 11.8 Å². The van der Waals surface area contributed by atoms with Crippen molar-refractivity contribution >= 4 is 23.7 Å². The zero-order chi connectivity index (χ0) is 19.3. The summed E-state index contributed by atoms with van der Waals surface area (Å²) < 4.78 is 19.2. The van der Waals surface area contributed by atoms with Crippen LogP contribution in [0, 0.1) is 0 Å². The Balaban J connectivity index is 2.18. The summed E-state index contributed by atoms with van der Waals surface area (Å²) in [6.45, 7) is 6.66. The van der Waals surface area contributed by atoms with Crippen molar-refractivity contribution < 1.29 is 19.0 Å². The first-order valence-corrected chi connectivity index (χ1v) is 8.67. The van der Waals surface area contributed by atoms with Gasteiger partial charge in [0.1, 0.15) is 6.10 Å². The highest BCUT2D eigenvalue weighted by atomic mass is 35.5. The van der Waals surface area contributed by atoms with E-state index >= 15 is 0 Å². The number of rotatable bonds is 7. The number of benzene rings is 1. The SMILES string of the molecule is C=C(Cl)/C=N\C(OC(CC)C(O)N1Cc2ccccc2CC1=O)=C(/C)F. The molecule has 0 bridgehead atoms. The van der Waals surface area contributed by atoms with E-state index < -0.39 is 18.2 Å². The van der Waals surface area contributed by atoms with Crippen LogP contribution in [-0.4, -0.2) is 34.5 Å². The van der Waals surface area contributed by atoms with Crippen LogP contribution in [0.15, 0.2) is 52.6 Å². The van der Waals surface area contributed by atoms with Gasteiger partial charge >= 0.3 is 0 Å². The number of halogens is 2. The fourth-order valence-electron chi connectivity index (χ4n) is 2.69. The summed E-state index contributed by atoms with van der Waals surface area (Å²) in [4.78, 5) is 17.6. The van der Waals surface area contributed by atoms with Crippen molar-refractivity contribution in [2.75, 3.05) is 0 Å². The molecule has 1 aliphatic heterocycles.